The van der Waals surface area contributed by atoms with E-state index in [0.717, 1.165) is 6.54 Å². The minimum Gasteiger partial charge on any atom is -0.304 e. The van der Waals surface area contributed by atoms with E-state index >= 15 is 0 Å². The molecule has 74 valence electrons. The lowest BCUT2D eigenvalue weighted by Crippen LogP contribution is -2.37. The molecule has 0 radical (unpaired) electrons. The summed E-state index contributed by atoms with van der Waals surface area (Å²) >= 11 is 0. The molecule has 2 rings (SSSR count). The third-order valence-electron chi connectivity index (χ3n) is 3.14. The number of hydrogen-bond donors (Lipinski definition) is 1. The second-order valence-corrected chi connectivity index (χ2v) is 4.16. The van der Waals surface area contributed by atoms with Crippen molar-refractivity contribution in [3.8, 4) is 0 Å². The molecule has 1 aromatic carbocycles. The van der Waals surface area contributed by atoms with Gasteiger partial charge in [0.25, 0.3) is 0 Å². The number of aryl methyl sites for hydroxylation is 1. The first-order valence-corrected chi connectivity index (χ1v) is 5.20. The van der Waals surface area contributed by atoms with Crippen LogP contribution in [-0.2, 0) is 12.0 Å². The van der Waals surface area contributed by atoms with Crippen molar-refractivity contribution in [2.45, 2.75) is 25.3 Å². The van der Waals surface area contributed by atoms with Gasteiger partial charge in [-0.15, -0.1) is 6.58 Å². The Bertz CT molecular complexity index is 343. The molecule has 0 heterocycles. The van der Waals surface area contributed by atoms with E-state index < -0.39 is 0 Å². The second kappa shape index (κ2) is 3.58. The number of rotatable bonds is 3. The fraction of sp³-hybridized carbons (Fsp3) is 0.385. The summed E-state index contributed by atoms with van der Waals surface area (Å²) in [7, 11) is 0. The van der Waals surface area contributed by atoms with E-state index in [1.807, 2.05) is 6.08 Å². The molecule has 0 bridgehead atoms. The van der Waals surface area contributed by atoms with E-state index in [0.29, 0.717) is 0 Å². The SMILES string of the molecule is C=CCNC1(C)CCc2ccccc21. The lowest BCUT2D eigenvalue weighted by Gasteiger charge is -2.26. The molecule has 1 N–H and O–H groups in total. The van der Waals surface area contributed by atoms with Crippen LogP contribution in [0.25, 0.3) is 0 Å². The van der Waals surface area contributed by atoms with Crippen LogP contribution >= 0.6 is 0 Å². The summed E-state index contributed by atoms with van der Waals surface area (Å²) in [6.45, 7) is 6.91. The Balaban J connectivity index is 2.27. The summed E-state index contributed by atoms with van der Waals surface area (Å²) in [6.07, 6.45) is 4.31. The Labute approximate surface area is 85.8 Å². The van der Waals surface area contributed by atoms with E-state index in [9.17, 15) is 0 Å². The van der Waals surface area contributed by atoms with Crippen LogP contribution in [0.1, 0.15) is 24.5 Å². The molecule has 0 aliphatic heterocycles. The first-order chi connectivity index (χ1) is 6.76. The van der Waals surface area contributed by atoms with Crippen molar-refractivity contribution < 1.29 is 0 Å². The predicted octanol–water partition coefficient (Wildman–Crippen LogP) is 2.62. The zero-order valence-corrected chi connectivity index (χ0v) is 8.72. The molecule has 0 spiro atoms. The lowest BCUT2D eigenvalue weighted by molar-refractivity contribution is 0.383. The summed E-state index contributed by atoms with van der Waals surface area (Å²) < 4.78 is 0. The van der Waals surface area contributed by atoms with Gasteiger partial charge in [0.15, 0.2) is 0 Å². The predicted molar refractivity (Wildman–Crippen MR) is 60.3 cm³/mol. The maximum absolute atomic E-state index is 3.75. The van der Waals surface area contributed by atoms with Gasteiger partial charge >= 0.3 is 0 Å². The molecule has 0 fully saturated rings. The van der Waals surface area contributed by atoms with Crippen molar-refractivity contribution in [1.82, 2.24) is 5.32 Å². The number of benzene rings is 1. The molecule has 1 aromatic rings. The summed E-state index contributed by atoms with van der Waals surface area (Å²) in [4.78, 5) is 0. The summed E-state index contributed by atoms with van der Waals surface area (Å²) in [6, 6.07) is 8.71. The first kappa shape index (κ1) is 9.47. The molecular weight excluding hydrogens is 170 g/mol. The van der Waals surface area contributed by atoms with Gasteiger partial charge in [0.05, 0.1) is 0 Å². The zero-order chi connectivity index (χ0) is 10.0. The molecule has 0 saturated heterocycles. The van der Waals surface area contributed by atoms with Gasteiger partial charge in [0.1, 0.15) is 0 Å². The molecular formula is C13H17N. The van der Waals surface area contributed by atoms with Gasteiger partial charge in [-0.2, -0.15) is 0 Å². The van der Waals surface area contributed by atoms with Crippen LogP contribution in [0.2, 0.25) is 0 Å². The molecule has 1 heteroatoms. The number of hydrogen-bond acceptors (Lipinski definition) is 1. The van der Waals surface area contributed by atoms with Gasteiger partial charge < -0.3 is 5.32 Å². The van der Waals surface area contributed by atoms with Gasteiger partial charge in [-0.25, -0.2) is 0 Å². The van der Waals surface area contributed by atoms with Crippen molar-refractivity contribution in [2.75, 3.05) is 6.54 Å². The number of fused-ring (bicyclic) bond motifs is 1. The van der Waals surface area contributed by atoms with Crippen LogP contribution in [0.3, 0.4) is 0 Å². The molecule has 1 aliphatic carbocycles. The minimum atomic E-state index is 0.158. The Morgan fingerprint density at radius 3 is 3.07 bits per heavy atom. The maximum Gasteiger partial charge on any atom is 0.0414 e. The molecule has 1 unspecified atom stereocenters. The molecule has 14 heavy (non-hydrogen) atoms. The molecule has 1 aliphatic rings. The highest BCUT2D eigenvalue weighted by Crippen LogP contribution is 2.35. The van der Waals surface area contributed by atoms with Crippen LogP contribution in [0.15, 0.2) is 36.9 Å². The van der Waals surface area contributed by atoms with Gasteiger partial charge in [0.2, 0.25) is 0 Å². The highest BCUT2D eigenvalue weighted by atomic mass is 15.0. The molecule has 1 atom stereocenters. The van der Waals surface area contributed by atoms with E-state index in [4.69, 9.17) is 0 Å². The van der Waals surface area contributed by atoms with E-state index in [1.54, 1.807) is 0 Å². The van der Waals surface area contributed by atoms with Crippen LogP contribution < -0.4 is 5.32 Å². The Hall–Kier alpha value is -1.08. The molecule has 0 saturated carbocycles. The van der Waals surface area contributed by atoms with E-state index in [-0.39, 0.29) is 5.54 Å². The monoisotopic (exact) mass is 187 g/mol. The third-order valence-corrected chi connectivity index (χ3v) is 3.14. The topological polar surface area (TPSA) is 12.0 Å². The van der Waals surface area contributed by atoms with E-state index in [2.05, 4.69) is 43.1 Å². The maximum atomic E-state index is 3.75. The lowest BCUT2D eigenvalue weighted by atomic mass is 9.94. The standard InChI is InChI=1S/C13H17N/c1-3-10-14-13(2)9-8-11-6-4-5-7-12(11)13/h3-7,14H,1,8-10H2,2H3. The molecule has 0 amide bonds. The Kier molecular flexibility index (Phi) is 2.42. The van der Waals surface area contributed by atoms with Crippen LogP contribution in [0.5, 0.6) is 0 Å². The van der Waals surface area contributed by atoms with Crippen molar-refractivity contribution in [3.63, 3.8) is 0 Å². The van der Waals surface area contributed by atoms with Gasteiger partial charge in [-0.1, -0.05) is 30.3 Å². The van der Waals surface area contributed by atoms with Crippen molar-refractivity contribution in [2.24, 2.45) is 0 Å². The van der Waals surface area contributed by atoms with E-state index in [1.165, 1.54) is 24.0 Å². The van der Waals surface area contributed by atoms with Gasteiger partial charge in [-0.05, 0) is 30.9 Å². The quantitative estimate of drug-likeness (QED) is 0.717. The fourth-order valence-electron chi connectivity index (χ4n) is 2.28. The zero-order valence-electron chi connectivity index (χ0n) is 8.72. The molecule has 0 aromatic heterocycles. The Morgan fingerprint density at radius 2 is 2.29 bits per heavy atom. The summed E-state index contributed by atoms with van der Waals surface area (Å²) in [5.41, 5.74) is 3.11. The number of nitrogens with one attached hydrogen (secondary N) is 1. The largest absolute Gasteiger partial charge is 0.304 e. The smallest absolute Gasteiger partial charge is 0.0414 e. The van der Waals surface area contributed by atoms with Crippen LogP contribution in [0, 0.1) is 0 Å². The van der Waals surface area contributed by atoms with Gasteiger partial charge in [-0.3, -0.25) is 0 Å². The first-order valence-electron chi connectivity index (χ1n) is 5.20. The highest BCUT2D eigenvalue weighted by Gasteiger charge is 2.32. The second-order valence-electron chi connectivity index (χ2n) is 4.16. The van der Waals surface area contributed by atoms with Crippen molar-refractivity contribution in [3.05, 3.63) is 48.0 Å². The third kappa shape index (κ3) is 1.48. The normalized spacial score (nSPS) is 24.6. The van der Waals surface area contributed by atoms with Crippen LogP contribution in [0.4, 0.5) is 0 Å². The highest BCUT2D eigenvalue weighted by molar-refractivity contribution is 5.38. The average Bonchev–Trinajstić information content (AvgIpc) is 2.55. The fourth-order valence-corrected chi connectivity index (χ4v) is 2.28. The summed E-state index contributed by atoms with van der Waals surface area (Å²) in [5, 5.41) is 3.55. The van der Waals surface area contributed by atoms with Crippen LogP contribution in [-0.4, -0.2) is 6.54 Å². The van der Waals surface area contributed by atoms with Gasteiger partial charge in [0, 0.05) is 12.1 Å². The summed E-state index contributed by atoms with van der Waals surface area (Å²) in [5.74, 6) is 0. The Morgan fingerprint density at radius 1 is 1.50 bits per heavy atom. The van der Waals surface area contributed by atoms with Crippen molar-refractivity contribution in [1.29, 1.82) is 0 Å². The van der Waals surface area contributed by atoms with Crippen molar-refractivity contribution >= 4 is 0 Å². The average molecular weight is 187 g/mol. The molecule has 1 nitrogen and oxygen atoms in total. The minimum absolute atomic E-state index is 0.158.